The lowest BCUT2D eigenvalue weighted by molar-refractivity contribution is -0.140. The number of halogens is 5. The summed E-state index contributed by atoms with van der Waals surface area (Å²) in [7, 11) is 1.09. The Morgan fingerprint density at radius 2 is 1.69 bits per heavy atom. The summed E-state index contributed by atoms with van der Waals surface area (Å²) in [5, 5.41) is 2.08. The molecule has 0 atom stereocenters. The first-order valence-electron chi connectivity index (χ1n) is 7.62. The van der Waals surface area contributed by atoms with E-state index in [1.165, 1.54) is 18.2 Å². The van der Waals surface area contributed by atoms with Gasteiger partial charge < -0.3 is 10.1 Å². The molecule has 0 aliphatic heterocycles. The Labute approximate surface area is 146 Å². The van der Waals surface area contributed by atoms with E-state index in [0.29, 0.717) is 0 Å². The van der Waals surface area contributed by atoms with Crippen LogP contribution in [-0.4, -0.2) is 18.9 Å². The average molecular weight is 373 g/mol. The highest BCUT2D eigenvalue weighted by Gasteiger charge is 2.39. The fraction of sp³-hybridized carbons (Fsp3) is 0.278. The van der Waals surface area contributed by atoms with Crippen LogP contribution in [0.15, 0.2) is 48.5 Å². The monoisotopic (exact) mass is 373 g/mol. The standard InChI is InChI=1S/C18H16F5NO2/c1-26-15-8-7-12(11-14(15)18(21,22)23)9-10-17(19,20)16(25)24-13-5-3-2-4-6-13/h2-8,11H,9-10H2,1H3,(H,24,25). The molecule has 2 rings (SSSR count). The number of aryl methyl sites for hydroxylation is 1. The van der Waals surface area contributed by atoms with Crippen LogP contribution in [0.2, 0.25) is 0 Å². The summed E-state index contributed by atoms with van der Waals surface area (Å²) in [6.45, 7) is 0. The number of para-hydroxylation sites is 1. The molecule has 0 saturated heterocycles. The lowest BCUT2D eigenvalue weighted by atomic mass is 10.0. The zero-order chi connectivity index (χ0) is 19.4. The molecule has 2 aromatic rings. The number of rotatable bonds is 6. The minimum Gasteiger partial charge on any atom is -0.496 e. The molecule has 0 fully saturated rings. The molecular weight excluding hydrogens is 357 g/mol. The zero-order valence-electron chi connectivity index (χ0n) is 13.7. The molecular formula is C18H16F5NO2. The molecule has 0 aromatic heterocycles. The first-order chi connectivity index (χ1) is 12.1. The number of carbonyl (C=O) groups excluding carboxylic acids is 1. The number of hydrogen-bond acceptors (Lipinski definition) is 2. The largest absolute Gasteiger partial charge is 0.496 e. The van der Waals surface area contributed by atoms with Crippen LogP contribution in [0, 0.1) is 0 Å². The number of nitrogens with one attached hydrogen (secondary N) is 1. The second kappa shape index (κ2) is 7.72. The van der Waals surface area contributed by atoms with Crippen molar-refractivity contribution in [2.45, 2.75) is 24.9 Å². The Bertz CT molecular complexity index is 760. The van der Waals surface area contributed by atoms with Gasteiger partial charge in [0.15, 0.2) is 0 Å². The van der Waals surface area contributed by atoms with Gasteiger partial charge in [-0.15, -0.1) is 0 Å². The lowest BCUT2D eigenvalue weighted by Crippen LogP contribution is -2.35. The maximum atomic E-state index is 14.0. The van der Waals surface area contributed by atoms with Gasteiger partial charge in [0, 0.05) is 12.1 Å². The minimum absolute atomic E-state index is 0.0327. The van der Waals surface area contributed by atoms with E-state index in [1.807, 2.05) is 0 Å². The molecule has 140 valence electrons. The molecule has 0 saturated carbocycles. The molecule has 3 nitrogen and oxygen atoms in total. The fourth-order valence-electron chi connectivity index (χ4n) is 2.29. The Morgan fingerprint density at radius 3 is 2.27 bits per heavy atom. The van der Waals surface area contributed by atoms with Gasteiger partial charge in [0.05, 0.1) is 12.7 Å². The van der Waals surface area contributed by atoms with Crippen molar-refractivity contribution in [1.29, 1.82) is 0 Å². The van der Waals surface area contributed by atoms with E-state index >= 15 is 0 Å². The highest BCUT2D eigenvalue weighted by Crippen LogP contribution is 2.37. The quantitative estimate of drug-likeness (QED) is 0.730. The van der Waals surface area contributed by atoms with Gasteiger partial charge in [0.2, 0.25) is 0 Å². The molecule has 1 N–H and O–H groups in total. The van der Waals surface area contributed by atoms with Gasteiger partial charge in [0.25, 0.3) is 5.91 Å². The van der Waals surface area contributed by atoms with Crippen LogP contribution in [0.25, 0.3) is 0 Å². The Morgan fingerprint density at radius 1 is 1.04 bits per heavy atom. The van der Waals surface area contributed by atoms with Crippen molar-refractivity contribution >= 4 is 11.6 Å². The molecule has 2 aromatic carbocycles. The first-order valence-corrected chi connectivity index (χ1v) is 7.62. The van der Waals surface area contributed by atoms with E-state index in [9.17, 15) is 26.7 Å². The minimum atomic E-state index is -4.67. The molecule has 0 radical (unpaired) electrons. The van der Waals surface area contributed by atoms with E-state index in [1.54, 1.807) is 18.2 Å². The molecule has 8 heteroatoms. The van der Waals surface area contributed by atoms with E-state index in [0.717, 1.165) is 19.2 Å². The summed E-state index contributed by atoms with van der Waals surface area (Å²) in [6, 6.07) is 10.8. The molecule has 0 spiro atoms. The molecule has 0 bridgehead atoms. The molecule has 0 unspecified atom stereocenters. The third kappa shape index (κ3) is 4.93. The van der Waals surface area contributed by atoms with Crippen molar-refractivity contribution in [3.05, 3.63) is 59.7 Å². The topological polar surface area (TPSA) is 38.3 Å². The number of ether oxygens (including phenoxy) is 1. The van der Waals surface area contributed by atoms with Crippen molar-refractivity contribution < 1.29 is 31.5 Å². The predicted octanol–water partition coefficient (Wildman–Crippen LogP) is 4.92. The van der Waals surface area contributed by atoms with Crippen molar-refractivity contribution in [3.8, 4) is 5.75 Å². The molecule has 0 aliphatic rings. The number of amides is 1. The highest BCUT2D eigenvalue weighted by molar-refractivity contribution is 5.96. The molecule has 0 aliphatic carbocycles. The number of carbonyl (C=O) groups is 1. The maximum absolute atomic E-state index is 14.0. The van der Waals surface area contributed by atoms with Gasteiger partial charge in [-0.05, 0) is 36.2 Å². The third-order valence-electron chi connectivity index (χ3n) is 3.66. The first kappa shape index (κ1) is 19.7. The highest BCUT2D eigenvalue weighted by atomic mass is 19.4. The summed E-state index contributed by atoms with van der Waals surface area (Å²) in [5.74, 6) is -5.63. The van der Waals surface area contributed by atoms with Crippen LogP contribution in [0.1, 0.15) is 17.5 Å². The second-order valence-electron chi connectivity index (χ2n) is 5.56. The Balaban J connectivity index is 2.08. The summed E-state index contributed by atoms with van der Waals surface area (Å²) in [6.07, 6.45) is -5.99. The SMILES string of the molecule is COc1ccc(CCC(F)(F)C(=O)Nc2ccccc2)cc1C(F)(F)F. The van der Waals surface area contributed by atoms with E-state index in [4.69, 9.17) is 0 Å². The molecule has 26 heavy (non-hydrogen) atoms. The normalized spacial score (nSPS) is 11.9. The average Bonchev–Trinajstić information content (AvgIpc) is 2.60. The summed E-state index contributed by atoms with van der Waals surface area (Å²) in [5.41, 5.74) is -0.805. The second-order valence-corrected chi connectivity index (χ2v) is 5.56. The van der Waals surface area contributed by atoms with Gasteiger partial charge in [-0.25, -0.2) is 0 Å². The number of methoxy groups -OCH3 is 1. The number of hydrogen-bond donors (Lipinski definition) is 1. The van der Waals surface area contributed by atoms with E-state index in [2.05, 4.69) is 10.1 Å². The van der Waals surface area contributed by atoms with E-state index < -0.39 is 42.2 Å². The van der Waals surface area contributed by atoms with Gasteiger partial charge in [0.1, 0.15) is 5.75 Å². The predicted molar refractivity (Wildman–Crippen MR) is 86.3 cm³/mol. The lowest BCUT2D eigenvalue weighted by Gasteiger charge is -2.17. The van der Waals surface area contributed by atoms with Crippen LogP contribution < -0.4 is 10.1 Å². The van der Waals surface area contributed by atoms with Gasteiger partial charge >= 0.3 is 12.1 Å². The van der Waals surface area contributed by atoms with Crippen molar-refractivity contribution in [2.24, 2.45) is 0 Å². The fourth-order valence-corrected chi connectivity index (χ4v) is 2.29. The smallest absolute Gasteiger partial charge is 0.419 e. The van der Waals surface area contributed by atoms with E-state index in [-0.39, 0.29) is 11.3 Å². The van der Waals surface area contributed by atoms with Gasteiger partial charge in [-0.2, -0.15) is 22.0 Å². The maximum Gasteiger partial charge on any atom is 0.419 e. The van der Waals surface area contributed by atoms with Crippen LogP contribution in [0.3, 0.4) is 0 Å². The van der Waals surface area contributed by atoms with Crippen LogP contribution in [0.5, 0.6) is 5.75 Å². The number of benzene rings is 2. The number of anilines is 1. The Hall–Kier alpha value is -2.64. The van der Waals surface area contributed by atoms with Crippen molar-refractivity contribution in [3.63, 3.8) is 0 Å². The molecule has 1 amide bonds. The number of alkyl halides is 5. The van der Waals surface area contributed by atoms with Crippen molar-refractivity contribution in [2.75, 3.05) is 12.4 Å². The summed E-state index contributed by atoms with van der Waals surface area (Å²) < 4.78 is 71.6. The zero-order valence-corrected chi connectivity index (χ0v) is 13.7. The molecule has 0 heterocycles. The van der Waals surface area contributed by atoms with Crippen molar-refractivity contribution in [1.82, 2.24) is 0 Å². The van der Waals surface area contributed by atoms with Crippen LogP contribution in [-0.2, 0) is 17.4 Å². The van der Waals surface area contributed by atoms with Crippen LogP contribution >= 0.6 is 0 Å². The van der Waals surface area contributed by atoms with Gasteiger partial charge in [-0.1, -0.05) is 24.3 Å². The third-order valence-corrected chi connectivity index (χ3v) is 3.66. The summed E-state index contributed by atoms with van der Waals surface area (Å²) in [4.78, 5) is 11.7. The van der Waals surface area contributed by atoms with Crippen LogP contribution in [0.4, 0.5) is 27.6 Å². The Kier molecular flexibility index (Phi) is 5.84. The van der Waals surface area contributed by atoms with Gasteiger partial charge in [-0.3, -0.25) is 4.79 Å². The summed E-state index contributed by atoms with van der Waals surface area (Å²) >= 11 is 0.